The van der Waals surface area contributed by atoms with E-state index in [1.54, 1.807) is 0 Å². The molecule has 5 heteroatoms. The molecule has 1 aromatic heterocycles. The van der Waals surface area contributed by atoms with Crippen LogP contribution in [0.15, 0.2) is 54.7 Å². The number of anilines is 1. The summed E-state index contributed by atoms with van der Waals surface area (Å²) in [5, 5.41) is 1.32. The Kier molecular flexibility index (Phi) is 5.92. The molecule has 168 valence electrons. The zero-order valence-electron chi connectivity index (χ0n) is 19.3. The lowest BCUT2D eigenvalue weighted by Gasteiger charge is -2.38. The standard InChI is InChI=1S/C27H34N4O/c1-20(2)29-15-17-30(18-16-29)23-9-7-22(8-10-23)27(32)31-13-11-21(12-14-31)25-19-28-26-6-4-3-5-24(25)26/h3-10,19-21,28H,11-18H2,1-2H3. The van der Waals surface area contributed by atoms with Crippen molar-refractivity contribution < 1.29 is 4.79 Å². The van der Waals surface area contributed by atoms with Crippen LogP contribution >= 0.6 is 0 Å². The number of amides is 1. The van der Waals surface area contributed by atoms with Crippen LogP contribution in [-0.4, -0.2) is 66.0 Å². The molecule has 0 bridgehead atoms. The van der Waals surface area contributed by atoms with Gasteiger partial charge in [0.25, 0.3) is 5.91 Å². The zero-order valence-corrected chi connectivity index (χ0v) is 19.3. The lowest BCUT2D eigenvalue weighted by Crippen LogP contribution is -2.48. The average Bonchev–Trinajstić information content (AvgIpc) is 3.28. The van der Waals surface area contributed by atoms with Gasteiger partial charge in [0.15, 0.2) is 0 Å². The Hall–Kier alpha value is -2.79. The molecule has 0 atom stereocenters. The van der Waals surface area contributed by atoms with Gasteiger partial charge in [0, 0.05) is 73.7 Å². The van der Waals surface area contributed by atoms with Crippen LogP contribution in [0.1, 0.15) is 48.5 Å². The Morgan fingerprint density at radius 1 is 0.906 bits per heavy atom. The van der Waals surface area contributed by atoms with Gasteiger partial charge in [-0.1, -0.05) is 18.2 Å². The van der Waals surface area contributed by atoms with E-state index in [1.165, 1.54) is 22.2 Å². The predicted molar refractivity (Wildman–Crippen MR) is 132 cm³/mol. The van der Waals surface area contributed by atoms with E-state index >= 15 is 0 Å². The summed E-state index contributed by atoms with van der Waals surface area (Å²) < 4.78 is 0. The molecule has 3 heterocycles. The molecular weight excluding hydrogens is 396 g/mol. The van der Waals surface area contributed by atoms with E-state index in [2.05, 4.69) is 71.2 Å². The van der Waals surface area contributed by atoms with Gasteiger partial charge in [0.1, 0.15) is 0 Å². The highest BCUT2D eigenvalue weighted by atomic mass is 16.2. The van der Waals surface area contributed by atoms with Gasteiger partial charge < -0.3 is 14.8 Å². The third-order valence-corrected chi connectivity index (χ3v) is 7.37. The Morgan fingerprint density at radius 3 is 2.28 bits per heavy atom. The topological polar surface area (TPSA) is 42.6 Å². The molecule has 1 amide bonds. The quantitative estimate of drug-likeness (QED) is 0.651. The number of nitrogens with one attached hydrogen (secondary N) is 1. The van der Waals surface area contributed by atoms with Gasteiger partial charge in [0.05, 0.1) is 0 Å². The third-order valence-electron chi connectivity index (χ3n) is 7.37. The zero-order chi connectivity index (χ0) is 22.1. The highest BCUT2D eigenvalue weighted by Gasteiger charge is 2.26. The maximum atomic E-state index is 13.1. The number of aromatic nitrogens is 1. The first-order valence-electron chi connectivity index (χ1n) is 12.0. The Bertz CT molecular complexity index is 1050. The number of hydrogen-bond acceptors (Lipinski definition) is 3. The van der Waals surface area contributed by atoms with E-state index in [1.807, 2.05) is 17.0 Å². The summed E-state index contributed by atoms with van der Waals surface area (Å²) in [5.74, 6) is 0.681. The van der Waals surface area contributed by atoms with Gasteiger partial charge in [0.2, 0.25) is 0 Å². The number of piperidine rings is 1. The number of aromatic amines is 1. The second-order valence-corrected chi connectivity index (χ2v) is 9.52. The summed E-state index contributed by atoms with van der Waals surface area (Å²) in [4.78, 5) is 23.5. The summed E-state index contributed by atoms with van der Waals surface area (Å²) in [6.07, 6.45) is 4.20. The number of piperazine rings is 1. The van der Waals surface area contributed by atoms with Gasteiger partial charge in [-0.2, -0.15) is 0 Å². The van der Waals surface area contributed by atoms with Crippen LogP contribution in [0.5, 0.6) is 0 Å². The van der Waals surface area contributed by atoms with Gasteiger partial charge >= 0.3 is 0 Å². The van der Waals surface area contributed by atoms with Crippen molar-refractivity contribution in [3.05, 3.63) is 65.9 Å². The van der Waals surface area contributed by atoms with Crippen LogP contribution < -0.4 is 4.90 Å². The van der Waals surface area contributed by atoms with Crippen molar-refractivity contribution in [1.82, 2.24) is 14.8 Å². The first-order valence-corrected chi connectivity index (χ1v) is 12.0. The summed E-state index contributed by atoms with van der Waals surface area (Å²) in [6, 6.07) is 17.4. The molecular formula is C27H34N4O. The highest BCUT2D eigenvalue weighted by Crippen LogP contribution is 2.33. The van der Waals surface area contributed by atoms with Crippen LogP contribution in [0.3, 0.4) is 0 Å². The van der Waals surface area contributed by atoms with Crippen LogP contribution in [0.25, 0.3) is 10.9 Å². The number of H-pyrrole nitrogens is 1. The maximum Gasteiger partial charge on any atom is 0.253 e. The molecule has 0 saturated carbocycles. The van der Waals surface area contributed by atoms with Crippen molar-refractivity contribution in [2.45, 2.75) is 38.6 Å². The number of fused-ring (bicyclic) bond motifs is 1. The fraction of sp³-hybridized carbons (Fsp3) is 0.444. The van der Waals surface area contributed by atoms with Gasteiger partial charge in [-0.15, -0.1) is 0 Å². The van der Waals surface area contributed by atoms with Crippen molar-refractivity contribution in [3.63, 3.8) is 0 Å². The largest absolute Gasteiger partial charge is 0.369 e. The first-order chi connectivity index (χ1) is 15.6. The summed E-state index contributed by atoms with van der Waals surface area (Å²) in [5.41, 5.74) is 4.63. The Balaban J connectivity index is 1.18. The van der Waals surface area contributed by atoms with Crippen molar-refractivity contribution in [2.75, 3.05) is 44.2 Å². The lowest BCUT2D eigenvalue weighted by atomic mass is 9.89. The maximum absolute atomic E-state index is 13.1. The number of likely N-dealkylation sites (tertiary alicyclic amines) is 1. The molecule has 2 fully saturated rings. The Morgan fingerprint density at radius 2 is 1.59 bits per heavy atom. The first kappa shape index (κ1) is 21.1. The van der Waals surface area contributed by atoms with Crippen LogP contribution in [-0.2, 0) is 0 Å². The molecule has 2 aliphatic rings. The minimum absolute atomic E-state index is 0.165. The molecule has 2 aliphatic heterocycles. The van der Waals surface area contributed by atoms with Gasteiger partial charge in [-0.05, 0) is 68.5 Å². The van der Waals surface area contributed by atoms with E-state index in [0.29, 0.717) is 12.0 Å². The Labute approximate surface area is 191 Å². The second-order valence-electron chi connectivity index (χ2n) is 9.52. The fourth-order valence-corrected chi connectivity index (χ4v) is 5.32. The fourth-order valence-electron chi connectivity index (χ4n) is 5.32. The molecule has 0 radical (unpaired) electrons. The molecule has 3 aromatic rings. The summed E-state index contributed by atoms with van der Waals surface area (Å²) >= 11 is 0. The summed E-state index contributed by atoms with van der Waals surface area (Å²) in [7, 11) is 0. The molecule has 0 aliphatic carbocycles. The number of nitrogens with zero attached hydrogens (tertiary/aromatic N) is 3. The molecule has 2 saturated heterocycles. The van der Waals surface area contributed by atoms with E-state index in [-0.39, 0.29) is 5.91 Å². The molecule has 5 rings (SSSR count). The van der Waals surface area contributed by atoms with E-state index < -0.39 is 0 Å². The smallest absolute Gasteiger partial charge is 0.253 e. The molecule has 2 aromatic carbocycles. The minimum atomic E-state index is 0.165. The number of carbonyl (C=O) groups is 1. The van der Waals surface area contributed by atoms with Crippen LogP contribution in [0.2, 0.25) is 0 Å². The van der Waals surface area contributed by atoms with E-state index in [9.17, 15) is 4.79 Å². The van der Waals surface area contributed by atoms with Crippen molar-refractivity contribution >= 4 is 22.5 Å². The van der Waals surface area contributed by atoms with Crippen LogP contribution in [0.4, 0.5) is 5.69 Å². The monoisotopic (exact) mass is 430 g/mol. The normalized spacial score (nSPS) is 18.6. The average molecular weight is 431 g/mol. The minimum Gasteiger partial charge on any atom is -0.369 e. The SMILES string of the molecule is CC(C)N1CCN(c2ccc(C(=O)N3CCC(c4c[nH]c5ccccc45)CC3)cc2)CC1. The third kappa shape index (κ3) is 4.14. The highest BCUT2D eigenvalue weighted by molar-refractivity contribution is 5.94. The molecule has 1 N–H and O–H groups in total. The molecule has 5 nitrogen and oxygen atoms in total. The van der Waals surface area contributed by atoms with Crippen LogP contribution in [0, 0.1) is 0 Å². The van der Waals surface area contributed by atoms with Gasteiger partial charge in [-0.25, -0.2) is 0 Å². The van der Waals surface area contributed by atoms with E-state index in [0.717, 1.165) is 57.7 Å². The molecule has 0 spiro atoms. The number of para-hydroxylation sites is 1. The molecule has 0 unspecified atom stereocenters. The van der Waals surface area contributed by atoms with Crippen molar-refractivity contribution in [1.29, 1.82) is 0 Å². The number of hydrogen-bond donors (Lipinski definition) is 1. The lowest BCUT2D eigenvalue weighted by molar-refractivity contribution is 0.0713. The van der Waals surface area contributed by atoms with Crippen molar-refractivity contribution in [2.24, 2.45) is 0 Å². The second kappa shape index (κ2) is 8.99. The predicted octanol–water partition coefficient (Wildman–Crippen LogP) is 4.72. The summed E-state index contributed by atoms with van der Waals surface area (Å²) in [6.45, 7) is 10.5. The number of benzene rings is 2. The molecule has 32 heavy (non-hydrogen) atoms. The number of rotatable bonds is 4. The van der Waals surface area contributed by atoms with Crippen molar-refractivity contribution in [3.8, 4) is 0 Å². The van der Waals surface area contributed by atoms with Gasteiger partial charge in [-0.3, -0.25) is 9.69 Å². The number of carbonyl (C=O) groups excluding carboxylic acids is 1. The van der Waals surface area contributed by atoms with E-state index in [4.69, 9.17) is 0 Å².